The van der Waals surface area contributed by atoms with E-state index in [9.17, 15) is 14.0 Å². The number of nitrogens with one attached hydrogen (secondary N) is 2. The summed E-state index contributed by atoms with van der Waals surface area (Å²) < 4.78 is 13.2. The van der Waals surface area contributed by atoms with Gasteiger partial charge in [0.15, 0.2) is 0 Å². The van der Waals surface area contributed by atoms with Crippen LogP contribution in [0.5, 0.6) is 0 Å². The van der Waals surface area contributed by atoms with Gasteiger partial charge in [-0.1, -0.05) is 17.7 Å². The van der Waals surface area contributed by atoms with Gasteiger partial charge in [-0.25, -0.2) is 14.4 Å². The van der Waals surface area contributed by atoms with Gasteiger partial charge >= 0.3 is 0 Å². The zero-order valence-electron chi connectivity index (χ0n) is 13.9. The Morgan fingerprint density at radius 2 is 1.67 bits per heavy atom. The van der Waals surface area contributed by atoms with Crippen LogP contribution in [-0.4, -0.2) is 21.8 Å². The number of halogens is 2. The second-order valence-electron chi connectivity index (χ2n) is 5.53. The summed E-state index contributed by atoms with van der Waals surface area (Å²) in [7, 11) is 0. The third-order valence-electron chi connectivity index (χ3n) is 3.60. The molecule has 0 aliphatic rings. The number of carbonyl (C=O) groups excluding carboxylic acids is 2. The van der Waals surface area contributed by atoms with Gasteiger partial charge in [-0.05, 0) is 40.1 Å². The summed E-state index contributed by atoms with van der Waals surface area (Å²) in [6.45, 7) is 0.516. The maximum absolute atomic E-state index is 13.2. The van der Waals surface area contributed by atoms with E-state index in [1.165, 1.54) is 35.6 Å². The monoisotopic (exact) mass is 404 g/mol. The summed E-state index contributed by atoms with van der Waals surface area (Å²) in [5.74, 6) is -1.41. The van der Waals surface area contributed by atoms with E-state index < -0.39 is 17.6 Å². The van der Waals surface area contributed by atoms with E-state index in [4.69, 9.17) is 11.6 Å². The molecule has 0 fully saturated rings. The van der Waals surface area contributed by atoms with Crippen LogP contribution in [-0.2, 0) is 13.1 Å². The molecule has 0 aliphatic carbocycles. The van der Waals surface area contributed by atoms with E-state index in [0.717, 1.165) is 11.9 Å². The molecule has 3 aromatic rings. The minimum absolute atomic E-state index is 0.0200. The number of benzene rings is 1. The molecular formula is C18H14ClFN4O2S. The highest BCUT2D eigenvalue weighted by atomic mass is 35.5. The Balaban J connectivity index is 1.60. The first-order valence-corrected chi connectivity index (χ1v) is 9.18. The van der Waals surface area contributed by atoms with Crippen LogP contribution in [0.4, 0.5) is 4.39 Å². The van der Waals surface area contributed by atoms with Gasteiger partial charge in [0, 0.05) is 19.2 Å². The molecule has 0 radical (unpaired) electrons. The molecule has 0 unspecified atom stereocenters. The first kappa shape index (κ1) is 18.9. The molecule has 1 aromatic carbocycles. The number of thiophene rings is 1. The number of hydrogen-bond donors (Lipinski definition) is 2. The van der Waals surface area contributed by atoms with Crippen molar-refractivity contribution in [3.8, 4) is 0 Å². The van der Waals surface area contributed by atoms with Crippen molar-refractivity contribution in [2.45, 2.75) is 13.1 Å². The molecule has 0 aliphatic heterocycles. The van der Waals surface area contributed by atoms with E-state index in [-0.39, 0.29) is 23.0 Å². The van der Waals surface area contributed by atoms with Crippen LogP contribution in [0.1, 0.15) is 32.1 Å². The summed E-state index contributed by atoms with van der Waals surface area (Å²) in [6, 6.07) is 7.40. The van der Waals surface area contributed by atoms with E-state index in [1.807, 2.05) is 16.8 Å². The van der Waals surface area contributed by atoms with E-state index >= 15 is 0 Å². The molecule has 2 heterocycles. The van der Waals surface area contributed by atoms with E-state index in [1.54, 1.807) is 0 Å². The Bertz CT molecular complexity index is 966. The third-order valence-corrected chi connectivity index (χ3v) is 4.62. The van der Waals surface area contributed by atoms with Crippen molar-refractivity contribution in [2.75, 3.05) is 0 Å². The third kappa shape index (κ3) is 5.08. The molecule has 138 valence electrons. The highest BCUT2D eigenvalue weighted by Gasteiger charge is 2.13. The average Bonchev–Trinajstić information content (AvgIpc) is 3.20. The Labute approximate surface area is 163 Å². The maximum Gasteiger partial charge on any atom is 0.270 e. The van der Waals surface area contributed by atoms with E-state index in [0.29, 0.717) is 12.1 Å². The molecule has 2 N–H and O–H groups in total. The first-order chi connectivity index (χ1) is 13.0. The molecular weight excluding hydrogens is 391 g/mol. The zero-order valence-corrected chi connectivity index (χ0v) is 15.5. The number of hydrogen-bond acceptors (Lipinski definition) is 5. The van der Waals surface area contributed by atoms with Gasteiger partial charge in [0.1, 0.15) is 23.5 Å². The molecule has 0 spiro atoms. The van der Waals surface area contributed by atoms with Crippen LogP contribution in [0.3, 0.4) is 0 Å². The first-order valence-electron chi connectivity index (χ1n) is 7.86. The van der Waals surface area contributed by atoms with Crippen molar-refractivity contribution < 1.29 is 14.0 Å². The molecule has 2 aromatic heterocycles. The standard InChI is InChI=1S/C18H14ClFN4O2S/c19-13-5-11(1-2-14(13)20)7-21-17(25)15-6-16(24-10-23-15)18(26)22-8-12-3-4-27-9-12/h1-6,9-10H,7-8H2,(H,21,25)(H,22,26). The topological polar surface area (TPSA) is 84.0 Å². The number of carbonyl (C=O) groups is 2. The smallest absolute Gasteiger partial charge is 0.270 e. The van der Waals surface area contributed by atoms with Crippen molar-refractivity contribution >= 4 is 34.8 Å². The van der Waals surface area contributed by atoms with Crippen LogP contribution < -0.4 is 10.6 Å². The minimum atomic E-state index is -0.527. The number of rotatable bonds is 6. The van der Waals surface area contributed by atoms with Gasteiger partial charge in [-0.15, -0.1) is 0 Å². The second kappa shape index (κ2) is 8.70. The number of amides is 2. The predicted molar refractivity (Wildman–Crippen MR) is 100 cm³/mol. The Hall–Kier alpha value is -2.84. The summed E-state index contributed by atoms with van der Waals surface area (Å²) >= 11 is 7.26. The average molecular weight is 405 g/mol. The minimum Gasteiger partial charge on any atom is -0.347 e. The van der Waals surface area contributed by atoms with Gasteiger partial charge < -0.3 is 10.6 Å². The van der Waals surface area contributed by atoms with Crippen LogP contribution in [0.15, 0.2) is 47.4 Å². The fourth-order valence-electron chi connectivity index (χ4n) is 2.19. The van der Waals surface area contributed by atoms with Crippen LogP contribution >= 0.6 is 22.9 Å². The lowest BCUT2D eigenvalue weighted by Gasteiger charge is -2.07. The molecule has 0 saturated heterocycles. The predicted octanol–water partition coefficient (Wildman–Crippen LogP) is 3.19. The molecule has 6 nitrogen and oxygen atoms in total. The normalized spacial score (nSPS) is 10.4. The molecule has 27 heavy (non-hydrogen) atoms. The maximum atomic E-state index is 13.2. The second-order valence-corrected chi connectivity index (χ2v) is 6.72. The highest BCUT2D eigenvalue weighted by molar-refractivity contribution is 7.07. The molecule has 3 rings (SSSR count). The lowest BCUT2D eigenvalue weighted by atomic mass is 10.2. The van der Waals surface area contributed by atoms with Gasteiger partial charge in [0.25, 0.3) is 11.8 Å². The number of aromatic nitrogens is 2. The van der Waals surface area contributed by atoms with Crippen LogP contribution in [0.2, 0.25) is 5.02 Å². The molecule has 0 saturated carbocycles. The summed E-state index contributed by atoms with van der Waals surface area (Å²) in [6.07, 6.45) is 1.16. The van der Waals surface area contributed by atoms with Crippen LogP contribution in [0, 0.1) is 5.82 Å². The SMILES string of the molecule is O=C(NCc1ccsc1)c1cc(C(=O)NCc2ccc(F)c(Cl)c2)ncn1. The van der Waals surface area contributed by atoms with Gasteiger partial charge in [0.2, 0.25) is 0 Å². The lowest BCUT2D eigenvalue weighted by molar-refractivity contribution is 0.0944. The quantitative estimate of drug-likeness (QED) is 0.660. The fourth-order valence-corrected chi connectivity index (χ4v) is 3.07. The zero-order chi connectivity index (χ0) is 19.2. The van der Waals surface area contributed by atoms with E-state index in [2.05, 4.69) is 20.6 Å². The largest absolute Gasteiger partial charge is 0.347 e. The van der Waals surface area contributed by atoms with Crippen molar-refractivity contribution in [3.05, 3.63) is 80.8 Å². The van der Waals surface area contributed by atoms with Crippen molar-refractivity contribution in [2.24, 2.45) is 0 Å². The van der Waals surface area contributed by atoms with Gasteiger partial charge in [0.05, 0.1) is 5.02 Å². The molecule has 0 bridgehead atoms. The van der Waals surface area contributed by atoms with Gasteiger partial charge in [-0.2, -0.15) is 11.3 Å². The Morgan fingerprint density at radius 1 is 1.00 bits per heavy atom. The number of nitrogens with zero attached hydrogens (tertiary/aromatic N) is 2. The summed E-state index contributed by atoms with van der Waals surface area (Å²) in [4.78, 5) is 32.2. The highest BCUT2D eigenvalue weighted by Crippen LogP contribution is 2.16. The summed E-state index contributed by atoms with van der Waals surface area (Å²) in [5, 5.41) is 9.21. The van der Waals surface area contributed by atoms with Crippen molar-refractivity contribution in [1.29, 1.82) is 0 Å². The Kier molecular flexibility index (Phi) is 6.10. The summed E-state index contributed by atoms with van der Waals surface area (Å²) in [5.41, 5.74) is 1.77. The van der Waals surface area contributed by atoms with Crippen molar-refractivity contribution in [1.82, 2.24) is 20.6 Å². The molecule has 9 heteroatoms. The Morgan fingerprint density at radius 3 is 2.26 bits per heavy atom. The fraction of sp³-hybridized carbons (Fsp3) is 0.111. The lowest BCUT2D eigenvalue weighted by Crippen LogP contribution is -2.27. The molecule has 0 atom stereocenters. The van der Waals surface area contributed by atoms with Crippen LogP contribution in [0.25, 0.3) is 0 Å². The molecule has 2 amide bonds. The van der Waals surface area contributed by atoms with Crippen molar-refractivity contribution in [3.63, 3.8) is 0 Å². The van der Waals surface area contributed by atoms with Gasteiger partial charge in [-0.3, -0.25) is 9.59 Å².